The summed E-state index contributed by atoms with van der Waals surface area (Å²) in [5.41, 5.74) is 0.701. The van der Waals surface area contributed by atoms with Crippen LogP contribution in [0.1, 0.15) is 24.3 Å². The molecule has 0 spiro atoms. The van der Waals surface area contributed by atoms with Crippen molar-refractivity contribution in [3.8, 4) is 0 Å². The Kier molecular flexibility index (Phi) is 4.76. The molecule has 1 aromatic heterocycles. The number of benzene rings is 1. The van der Waals surface area contributed by atoms with E-state index in [2.05, 4.69) is 34.8 Å². The van der Waals surface area contributed by atoms with Gasteiger partial charge in [0.1, 0.15) is 5.69 Å². The second-order valence-electron chi connectivity index (χ2n) is 4.04. The van der Waals surface area contributed by atoms with Crippen LogP contribution >= 0.6 is 33.9 Å². The quantitative estimate of drug-likeness (QED) is 0.454. The van der Waals surface area contributed by atoms with Gasteiger partial charge in [0.25, 0.3) is 5.69 Å². The molecule has 0 aliphatic carbocycles. The first kappa shape index (κ1) is 14.3. The number of nitro benzene ring substituents is 1. The van der Waals surface area contributed by atoms with Gasteiger partial charge in [0, 0.05) is 14.5 Å². The summed E-state index contributed by atoms with van der Waals surface area (Å²) in [5.74, 6) is 0. The van der Waals surface area contributed by atoms with E-state index < -0.39 is 0 Å². The van der Waals surface area contributed by atoms with Crippen molar-refractivity contribution in [3.05, 3.63) is 54.3 Å². The van der Waals surface area contributed by atoms with Gasteiger partial charge in [-0.15, -0.1) is 11.3 Å². The molecular weight excluding hydrogens is 375 g/mol. The lowest BCUT2D eigenvalue weighted by atomic mass is 10.1. The van der Waals surface area contributed by atoms with Crippen molar-refractivity contribution in [3.63, 3.8) is 0 Å². The van der Waals surface area contributed by atoms with Gasteiger partial charge in [-0.3, -0.25) is 10.1 Å². The number of halogens is 1. The molecule has 1 unspecified atom stereocenters. The molecule has 19 heavy (non-hydrogen) atoms. The smallest absolute Gasteiger partial charge is 0.293 e. The molecule has 2 aromatic rings. The van der Waals surface area contributed by atoms with Crippen molar-refractivity contribution >= 4 is 45.3 Å². The molecule has 1 heterocycles. The minimum absolute atomic E-state index is 0.110. The third-order valence-electron chi connectivity index (χ3n) is 2.78. The van der Waals surface area contributed by atoms with Crippen LogP contribution < -0.4 is 5.32 Å². The predicted octanol–water partition coefficient (Wildman–Crippen LogP) is 4.82. The first-order valence-corrected chi connectivity index (χ1v) is 7.81. The Morgan fingerprint density at radius 1 is 1.47 bits per heavy atom. The molecule has 0 bridgehead atoms. The number of nitrogens with one attached hydrogen (secondary N) is 1. The third-order valence-corrected chi connectivity index (χ3v) is 4.44. The molecule has 6 heteroatoms. The third kappa shape index (κ3) is 3.44. The zero-order valence-electron chi connectivity index (χ0n) is 10.3. The van der Waals surface area contributed by atoms with E-state index in [1.807, 2.05) is 23.6 Å². The number of nitro groups is 1. The number of anilines is 1. The highest BCUT2D eigenvalue weighted by molar-refractivity contribution is 14.1. The lowest BCUT2D eigenvalue weighted by Gasteiger charge is -2.17. The zero-order valence-corrected chi connectivity index (χ0v) is 13.3. The fourth-order valence-electron chi connectivity index (χ4n) is 1.83. The Hall–Kier alpha value is -1.15. The molecule has 0 aliphatic heterocycles. The first-order valence-electron chi connectivity index (χ1n) is 5.85. The summed E-state index contributed by atoms with van der Waals surface area (Å²) in [6.45, 7) is 2.07. The van der Waals surface area contributed by atoms with Gasteiger partial charge < -0.3 is 5.32 Å². The van der Waals surface area contributed by atoms with Crippen LogP contribution in [0.4, 0.5) is 11.4 Å². The molecule has 100 valence electrons. The second kappa shape index (κ2) is 6.33. The fourth-order valence-corrected chi connectivity index (χ4v) is 3.17. The molecule has 0 fully saturated rings. The summed E-state index contributed by atoms with van der Waals surface area (Å²) in [4.78, 5) is 11.9. The summed E-state index contributed by atoms with van der Waals surface area (Å²) in [6.07, 6.45) is 0.879. The normalized spacial score (nSPS) is 12.1. The van der Waals surface area contributed by atoms with Crippen molar-refractivity contribution in [1.82, 2.24) is 0 Å². The van der Waals surface area contributed by atoms with Crippen LogP contribution in [0, 0.1) is 13.7 Å². The molecule has 0 saturated carbocycles. The number of thiophene rings is 1. The van der Waals surface area contributed by atoms with Crippen LogP contribution in [0.3, 0.4) is 0 Å². The molecule has 4 nitrogen and oxygen atoms in total. The summed E-state index contributed by atoms with van der Waals surface area (Å²) >= 11 is 3.74. The van der Waals surface area contributed by atoms with E-state index in [0.717, 1.165) is 9.99 Å². The van der Waals surface area contributed by atoms with E-state index >= 15 is 0 Å². The van der Waals surface area contributed by atoms with Gasteiger partial charge in [-0.1, -0.05) is 13.0 Å². The number of hydrogen-bond donors (Lipinski definition) is 1. The molecular formula is C13H13IN2O2S. The molecule has 2 rings (SSSR count). The van der Waals surface area contributed by atoms with Crippen LogP contribution in [-0.2, 0) is 0 Å². The predicted molar refractivity (Wildman–Crippen MR) is 86.8 cm³/mol. The Bertz CT molecular complexity index is 572. The standard InChI is InChI=1S/C13H13IN2O2S/c1-2-10(13-4-3-7-19-13)15-11-6-5-9(14)8-12(11)16(17)18/h3-8,10,15H,2H2,1H3. The topological polar surface area (TPSA) is 55.2 Å². The van der Waals surface area contributed by atoms with Gasteiger partial charge in [-0.2, -0.15) is 0 Å². The van der Waals surface area contributed by atoms with Crippen molar-refractivity contribution in [2.45, 2.75) is 19.4 Å². The maximum atomic E-state index is 11.1. The van der Waals surface area contributed by atoms with Crippen LogP contribution in [0.5, 0.6) is 0 Å². The van der Waals surface area contributed by atoms with E-state index in [9.17, 15) is 10.1 Å². The van der Waals surface area contributed by atoms with E-state index in [0.29, 0.717) is 5.69 Å². The fraction of sp³-hybridized carbons (Fsp3) is 0.231. The van der Waals surface area contributed by atoms with E-state index in [1.54, 1.807) is 23.5 Å². The lowest BCUT2D eigenvalue weighted by molar-refractivity contribution is -0.384. The molecule has 0 aliphatic rings. The maximum absolute atomic E-state index is 11.1. The van der Waals surface area contributed by atoms with Crippen molar-refractivity contribution in [2.24, 2.45) is 0 Å². The Morgan fingerprint density at radius 2 is 2.26 bits per heavy atom. The van der Waals surface area contributed by atoms with Crippen LogP contribution in [0.25, 0.3) is 0 Å². The monoisotopic (exact) mass is 388 g/mol. The SMILES string of the molecule is CCC(Nc1ccc(I)cc1[N+](=O)[O-])c1cccs1. The first-order chi connectivity index (χ1) is 9.11. The Labute approximate surface area is 129 Å². The molecule has 1 atom stereocenters. The van der Waals surface area contributed by atoms with Crippen LogP contribution in [0.2, 0.25) is 0 Å². The van der Waals surface area contributed by atoms with Gasteiger partial charge in [-0.25, -0.2) is 0 Å². The number of hydrogen-bond acceptors (Lipinski definition) is 4. The Morgan fingerprint density at radius 3 is 2.84 bits per heavy atom. The van der Waals surface area contributed by atoms with Crippen molar-refractivity contribution < 1.29 is 4.92 Å². The minimum atomic E-state index is -0.342. The van der Waals surface area contributed by atoms with Gasteiger partial charge in [-0.05, 0) is 52.6 Å². The maximum Gasteiger partial charge on any atom is 0.293 e. The highest BCUT2D eigenvalue weighted by Crippen LogP contribution is 2.32. The molecule has 0 amide bonds. The van der Waals surface area contributed by atoms with Gasteiger partial charge in [0.15, 0.2) is 0 Å². The highest BCUT2D eigenvalue weighted by Gasteiger charge is 2.18. The van der Waals surface area contributed by atoms with Gasteiger partial charge in [0.2, 0.25) is 0 Å². The molecule has 0 saturated heterocycles. The van der Waals surface area contributed by atoms with E-state index in [4.69, 9.17) is 0 Å². The summed E-state index contributed by atoms with van der Waals surface area (Å²) in [5, 5.41) is 16.4. The summed E-state index contributed by atoms with van der Waals surface area (Å²) in [6, 6.07) is 9.38. The number of rotatable bonds is 5. The van der Waals surface area contributed by atoms with Gasteiger partial charge >= 0.3 is 0 Å². The zero-order chi connectivity index (χ0) is 13.8. The van der Waals surface area contributed by atoms with E-state index in [-0.39, 0.29) is 16.7 Å². The summed E-state index contributed by atoms with van der Waals surface area (Å²) in [7, 11) is 0. The molecule has 0 radical (unpaired) electrons. The van der Waals surface area contributed by atoms with E-state index in [1.165, 1.54) is 4.88 Å². The van der Waals surface area contributed by atoms with Crippen molar-refractivity contribution in [1.29, 1.82) is 0 Å². The minimum Gasteiger partial charge on any atom is -0.372 e. The van der Waals surface area contributed by atoms with Crippen molar-refractivity contribution in [2.75, 3.05) is 5.32 Å². The van der Waals surface area contributed by atoms with Crippen LogP contribution in [-0.4, -0.2) is 4.92 Å². The average Bonchev–Trinajstić information content (AvgIpc) is 2.90. The van der Waals surface area contributed by atoms with Gasteiger partial charge in [0.05, 0.1) is 11.0 Å². The average molecular weight is 388 g/mol. The lowest BCUT2D eigenvalue weighted by Crippen LogP contribution is -2.09. The van der Waals surface area contributed by atoms with Crippen LogP contribution in [0.15, 0.2) is 35.7 Å². The Balaban J connectivity index is 2.29. The summed E-state index contributed by atoms with van der Waals surface area (Å²) < 4.78 is 0.860. The largest absolute Gasteiger partial charge is 0.372 e. The second-order valence-corrected chi connectivity index (χ2v) is 6.26. The highest BCUT2D eigenvalue weighted by atomic mass is 127. The molecule has 1 aromatic carbocycles. The molecule has 1 N–H and O–H groups in total. The number of nitrogens with zero attached hydrogens (tertiary/aromatic N) is 1.